The van der Waals surface area contributed by atoms with E-state index >= 15 is 0 Å². The van der Waals surface area contributed by atoms with Crippen LogP contribution in [0.1, 0.15) is 63.1 Å². The van der Waals surface area contributed by atoms with Crippen molar-refractivity contribution in [3.8, 4) is 0 Å². The number of rotatable bonds is 12. The number of aliphatic imine (C=N–C) groups is 1. The van der Waals surface area contributed by atoms with Crippen molar-refractivity contribution in [1.82, 2.24) is 19.8 Å². The van der Waals surface area contributed by atoms with Crippen molar-refractivity contribution >= 4 is 23.0 Å². The number of amides is 2. The van der Waals surface area contributed by atoms with Gasteiger partial charge < -0.3 is 10.2 Å². The molecule has 2 aromatic heterocycles. The molecule has 0 aliphatic heterocycles. The van der Waals surface area contributed by atoms with E-state index in [-0.39, 0.29) is 19.3 Å². The number of aryl methyl sites for hydroxylation is 1. The molecular formula is C31H43N5O2. The Morgan fingerprint density at radius 1 is 1.18 bits per heavy atom. The Morgan fingerprint density at radius 3 is 2.58 bits per heavy atom. The third-order valence-electron chi connectivity index (χ3n) is 7.17. The van der Waals surface area contributed by atoms with Gasteiger partial charge in [-0.05, 0) is 62.8 Å². The van der Waals surface area contributed by atoms with Gasteiger partial charge in [0.1, 0.15) is 0 Å². The summed E-state index contributed by atoms with van der Waals surface area (Å²) in [5, 5.41) is 7.63. The zero-order valence-corrected chi connectivity index (χ0v) is 23.6. The highest BCUT2D eigenvalue weighted by Crippen LogP contribution is 2.21. The summed E-state index contributed by atoms with van der Waals surface area (Å²) in [6, 6.07) is 15.8. The lowest BCUT2D eigenvalue weighted by Crippen LogP contribution is -2.41. The number of carbonyl (C=O) groups excluding carboxylic acids is 2. The SMILES string of the molecule is CCC(C)C/C(=C\C(C)=NC)C(=O)NCC[C@H](Cc1ccccc1)N(C)C(=O)c1c(C)nn2ccccc12.[HH]. The number of benzene rings is 1. The van der Waals surface area contributed by atoms with Crippen molar-refractivity contribution in [3.05, 3.63) is 83.2 Å². The highest BCUT2D eigenvalue weighted by molar-refractivity contribution is 6.03. The minimum Gasteiger partial charge on any atom is -0.352 e. The molecule has 2 amide bonds. The van der Waals surface area contributed by atoms with Gasteiger partial charge in [-0.25, -0.2) is 4.52 Å². The maximum absolute atomic E-state index is 13.7. The minimum absolute atomic E-state index is 0. The van der Waals surface area contributed by atoms with E-state index < -0.39 is 0 Å². The molecule has 7 nitrogen and oxygen atoms in total. The fourth-order valence-electron chi connectivity index (χ4n) is 4.56. The first-order chi connectivity index (χ1) is 18.2. The van der Waals surface area contributed by atoms with Crippen LogP contribution in [0.15, 0.2) is 71.4 Å². The molecule has 7 heteroatoms. The van der Waals surface area contributed by atoms with Gasteiger partial charge >= 0.3 is 0 Å². The number of fused-ring (bicyclic) bond motifs is 1. The molecule has 0 bridgehead atoms. The first kappa shape index (κ1) is 28.8. The van der Waals surface area contributed by atoms with E-state index in [1.165, 1.54) is 0 Å². The van der Waals surface area contributed by atoms with Crippen molar-refractivity contribution < 1.29 is 11.0 Å². The largest absolute Gasteiger partial charge is 0.352 e. The van der Waals surface area contributed by atoms with E-state index in [9.17, 15) is 9.59 Å². The van der Waals surface area contributed by atoms with Crippen molar-refractivity contribution in [3.63, 3.8) is 0 Å². The average molecular weight is 518 g/mol. The zero-order valence-electron chi connectivity index (χ0n) is 23.6. The van der Waals surface area contributed by atoms with Gasteiger partial charge in [-0.2, -0.15) is 5.10 Å². The molecule has 0 saturated heterocycles. The summed E-state index contributed by atoms with van der Waals surface area (Å²) < 4.78 is 1.75. The molecule has 0 fully saturated rings. The highest BCUT2D eigenvalue weighted by atomic mass is 16.2. The molecular weight excluding hydrogens is 474 g/mol. The lowest BCUT2D eigenvalue weighted by Gasteiger charge is -2.29. The summed E-state index contributed by atoms with van der Waals surface area (Å²) in [6.07, 6.45) is 6.75. The second-order valence-corrected chi connectivity index (χ2v) is 10.0. The summed E-state index contributed by atoms with van der Waals surface area (Å²) in [5.74, 6) is 0.266. The first-order valence-corrected chi connectivity index (χ1v) is 13.4. The molecule has 0 aliphatic rings. The smallest absolute Gasteiger partial charge is 0.257 e. The molecule has 2 heterocycles. The number of hydrogen-bond acceptors (Lipinski definition) is 4. The molecule has 0 spiro atoms. The van der Waals surface area contributed by atoms with Crippen molar-refractivity contribution in [1.29, 1.82) is 0 Å². The maximum Gasteiger partial charge on any atom is 0.257 e. The number of hydrogen-bond donors (Lipinski definition) is 1. The van der Waals surface area contributed by atoms with Gasteiger partial charge in [-0.3, -0.25) is 14.6 Å². The van der Waals surface area contributed by atoms with Gasteiger partial charge in [0, 0.05) is 45.6 Å². The van der Waals surface area contributed by atoms with Crippen LogP contribution in [0, 0.1) is 12.8 Å². The highest BCUT2D eigenvalue weighted by Gasteiger charge is 2.26. The zero-order chi connectivity index (χ0) is 27.7. The number of likely N-dealkylation sites (N-methyl/N-ethyl adjacent to an activating group) is 1. The fourth-order valence-corrected chi connectivity index (χ4v) is 4.56. The molecule has 3 rings (SSSR count). The van der Waals surface area contributed by atoms with Crippen LogP contribution in [-0.2, 0) is 11.2 Å². The van der Waals surface area contributed by atoms with Gasteiger partial charge in [0.2, 0.25) is 5.91 Å². The van der Waals surface area contributed by atoms with Crippen LogP contribution in [0.25, 0.3) is 5.52 Å². The van der Waals surface area contributed by atoms with E-state index in [0.717, 1.165) is 28.8 Å². The predicted molar refractivity (Wildman–Crippen MR) is 157 cm³/mol. The molecule has 1 aromatic carbocycles. The van der Waals surface area contributed by atoms with Gasteiger partial charge in [-0.1, -0.05) is 56.7 Å². The van der Waals surface area contributed by atoms with Gasteiger partial charge in [0.05, 0.1) is 16.8 Å². The molecule has 1 unspecified atom stereocenters. The van der Waals surface area contributed by atoms with E-state index in [1.807, 2.05) is 69.6 Å². The number of nitrogens with one attached hydrogen (secondary N) is 1. The van der Waals surface area contributed by atoms with Crippen LogP contribution in [0.4, 0.5) is 0 Å². The van der Waals surface area contributed by atoms with Crippen molar-refractivity contribution in [2.45, 2.75) is 59.4 Å². The molecule has 2 atom stereocenters. The van der Waals surface area contributed by atoms with E-state index in [2.05, 4.69) is 41.4 Å². The third-order valence-corrected chi connectivity index (χ3v) is 7.17. The Labute approximate surface area is 228 Å². The molecule has 38 heavy (non-hydrogen) atoms. The number of aromatic nitrogens is 2. The molecule has 3 aromatic rings. The topological polar surface area (TPSA) is 79.1 Å². The number of allylic oxidation sites excluding steroid dienone is 1. The van der Waals surface area contributed by atoms with Crippen molar-refractivity contribution in [2.24, 2.45) is 10.9 Å². The number of pyridine rings is 1. The predicted octanol–water partition coefficient (Wildman–Crippen LogP) is 5.53. The minimum atomic E-state index is -0.107. The van der Waals surface area contributed by atoms with Crippen LogP contribution in [0.2, 0.25) is 0 Å². The van der Waals surface area contributed by atoms with Crippen LogP contribution in [-0.4, -0.2) is 58.7 Å². The van der Waals surface area contributed by atoms with Gasteiger partial charge in [-0.15, -0.1) is 0 Å². The Kier molecular flexibility index (Phi) is 10.4. The second kappa shape index (κ2) is 13.7. The summed E-state index contributed by atoms with van der Waals surface area (Å²) in [4.78, 5) is 32.9. The Bertz CT molecular complexity index is 1300. The number of carbonyl (C=O) groups is 2. The Morgan fingerprint density at radius 2 is 1.89 bits per heavy atom. The standard InChI is InChI=1S/C31H41N5O2.H2/c1-7-22(2)19-26(20-23(3)32-5)30(37)33-17-16-27(21-25-13-9-8-10-14-25)35(6)31(38)29-24(4)34-36-18-12-11-15-28(29)36;/h8-15,18,20,22,27H,7,16-17,19,21H2,1-6H3,(H,33,37);1H/b26-20+,32-23?;/t22?,27-;/m1./s1. The normalized spacial score (nSPS) is 13.8. The molecule has 1 N–H and O–H groups in total. The quantitative estimate of drug-likeness (QED) is 0.253. The van der Waals surface area contributed by atoms with Gasteiger partial charge in [0.25, 0.3) is 5.91 Å². The number of nitrogens with zero attached hydrogens (tertiary/aromatic N) is 4. The molecule has 0 aliphatic carbocycles. The van der Waals surface area contributed by atoms with Crippen LogP contribution >= 0.6 is 0 Å². The van der Waals surface area contributed by atoms with E-state index in [4.69, 9.17) is 0 Å². The lowest BCUT2D eigenvalue weighted by atomic mass is 9.97. The Balaban J connectivity index is 0.00000533. The second-order valence-electron chi connectivity index (χ2n) is 10.0. The van der Waals surface area contributed by atoms with Crippen molar-refractivity contribution in [2.75, 3.05) is 20.6 Å². The summed E-state index contributed by atoms with van der Waals surface area (Å²) >= 11 is 0. The fraction of sp³-hybridized carbons (Fsp3) is 0.419. The molecule has 0 radical (unpaired) electrons. The van der Waals surface area contributed by atoms with Crippen LogP contribution < -0.4 is 5.32 Å². The average Bonchev–Trinajstić information content (AvgIpc) is 3.27. The lowest BCUT2D eigenvalue weighted by molar-refractivity contribution is -0.117. The summed E-state index contributed by atoms with van der Waals surface area (Å²) in [7, 11) is 3.58. The monoisotopic (exact) mass is 517 g/mol. The Hall–Kier alpha value is -3.74. The van der Waals surface area contributed by atoms with Crippen LogP contribution in [0.5, 0.6) is 0 Å². The van der Waals surface area contributed by atoms with E-state index in [0.29, 0.717) is 43.0 Å². The molecule has 204 valence electrons. The first-order valence-electron chi connectivity index (χ1n) is 13.4. The van der Waals surface area contributed by atoms with Gasteiger partial charge in [0.15, 0.2) is 0 Å². The summed E-state index contributed by atoms with van der Waals surface area (Å²) in [6.45, 7) is 8.52. The third kappa shape index (κ3) is 7.40. The maximum atomic E-state index is 13.7. The van der Waals surface area contributed by atoms with E-state index in [1.54, 1.807) is 16.5 Å². The van der Waals surface area contributed by atoms with Crippen LogP contribution in [0.3, 0.4) is 0 Å². The molecule has 0 saturated carbocycles. The summed E-state index contributed by atoms with van der Waals surface area (Å²) in [5.41, 5.74) is 4.83.